The van der Waals surface area contributed by atoms with Gasteiger partial charge in [-0.05, 0) is 19.3 Å². The normalized spacial score (nSPS) is 11.4. The Balaban J connectivity index is 4.28. The molecule has 0 aromatic heterocycles. The van der Waals surface area contributed by atoms with Crippen molar-refractivity contribution in [2.75, 3.05) is 13.2 Å². The molecule has 0 spiro atoms. The standard InChI is InChI=1S/C57H110O6/c1-7-10-13-16-19-22-25-28-31-34-37-40-43-46-49-54(4)60-58-52-57(63-62-56(6)51-48-45-42-39-36-33-30-27-24-21-18-15-12-9-3)53-59-61-55(5)50-47-44-41-38-35-32-29-26-23-20-17-14-11-8-2/h57H,4-53H2,1-3H3. The molecular weight excluding hydrogens is 781 g/mol. The van der Waals surface area contributed by atoms with Crippen LogP contribution in [-0.2, 0) is 29.3 Å². The monoisotopic (exact) mass is 891 g/mol. The summed E-state index contributed by atoms with van der Waals surface area (Å²) in [5, 5.41) is 0. The van der Waals surface area contributed by atoms with Crippen LogP contribution in [0.25, 0.3) is 0 Å². The summed E-state index contributed by atoms with van der Waals surface area (Å²) in [4.78, 5) is 33.6. The van der Waals surface area contributed by atoms with Crippen LogP contribution < -0.4 is 0 Å². The maximum Gasteiger partial charge on any atom is 0.159 e. The van der Waals surface area contributed by atoms with Gasteiger partial charge in [-0.2, -0.15) is 14.7 Å². The summed E-state index contributed by atoms with van der Waals surface area (Å²) >= 11 is 0. The molecule has 0 saturated carbocycles. The molecule has 6 nitrogen and oxygen atoms in total. The Labute approximate surface area is 394 Å². The van der Waals surface area contributed by atoms with Crippen molar-refractivity contribution in [2.45, 2.75) is 316 Å². The second-order valence-electron chi connectivity index (χ2n) is 19.2. The molecule has 0 amide bonds. The minimum atomic E-state index is -0.569. The largest absolute Gasteiger partial charge is 0.343 e. The summed E-state index contributed by atoms with van der Waals surface area (Å²) in [6, 6.07) is 0. The van der Waals surface area contributed by atoms with Gasteiger partial charge in [-0.25, -0.2) is 0 Å². The summed E-state index contributed by atoms with van der Waals surface area (Å²) in [7, 11) is 0. The quantitative estimate of drug-likeness (QED) is 0.0262. The van der Waals surface area contributed by atoms with Crippen molar-refractivity contribution in [3.05, 3.63) is 37.0 Å². The Morgan fingerprint density at radius 2 is 0.460 bits per heavy atom. The highest BCUT2D eigenvalue weighted by molar-refractivity contribution is 4.82. The van der Waals surface area contributed by atoms with Crippen LogP contribution in [0.3, 0.4) is 0 Å². The molecule has 63 heavy (non-hydrogen) atoms. The van der Waals surface area contributed by atoms with Crippen molar-refractivity contribution in [1.82, 2.24) is 0 Å². The Hall–Kier alpha value is -1.50. The van der Waals surface area contributed by atoms with E-state index in [4.69, 9.17) is 29.3 Å². The van der Waals surface area contributed by atoms with Gasteiger partial charge in [-0.15, -0.1) is 0 Å². The predicted molar refractivity (Wildman–Crippen MR) is 272 cm³/mol. The molecule has 0 bridgehead atoms. The van der Waals surface area contributed by atoms with E-state index in [0.29, 0.717) is 17.3 Å². The average molecular weight is 892 g/mol. The molecule has 0 fully saturated rings. The van der Waals surface area contributed by atoms with Crippen LogP contribution in [0.2, 0.25) is 0 Å². The van der Waals surface area contributed by atoms with Gasteiger partial charge in [0.05, 0.1) is 0 Å². The Morgan fingerprint density at radius 3 is 0.683 bits per heavy atom. The van der Waals surface area contributed by atoms with Crippen molar-refractivity contribution in [3.8, 4) is 0 Å². The van der Waals surface area contributed by atoms with Gasteiger partial charge in [0.15, 0.2) is 6.10 Å². The van der Waals surface area contributed by atoms with Gasteiger partial charge in [-0.1, -0.05) is 291 Å². The van der Waals surface area contributed by atoms with E-state index in [0.717, 1.165) is 38.5 Å². The molecule has 0 radical (unpaired) electrons. The van der Waals surface area contributed by atoms with Crippen molar-refractivity contribution in [3.63, 3.8) is 0 Å². The van der Waals surface area contributed by atoms with E-state index in [2.05, 4.69) is 40.5 Å². The summed E-state index contributed by atoms with van der Waals surface area (Å²) < 4.78 is 0. The lowest BCUT2D eigenvalue weighted by Crippen LogP contribution is -2.26. The molecule has 6 heteroatoms. The smallest absolute Gasteiger partial charge is 0.159 e. The molecule has 0 rings (SSSR count). The molecule has 0 heterocycles. The molecule has 0 aliphatic carbocycles. The molecule has 0 saturated heterocycles. The zero-order valence-corrected chi connectivity index (χ0v) is 42.9. The number of unbranched alkanes of at least 4 members (excludes halogenated alkanes) is 39. The van der Waals surface area contributed by atoms with Crippen LogP contribution in [0.15, 0.2) is 37.0 Å². The summed E-state index contributed by atoms with van der Waals surface area (Å²) in [5.41, 5.74) is 0. The molecule has 0 unspecified atom stereocenters. The van der Waals surface area contributed by atoms with E-state index >= 15 is 0 Å². The van der Waals surface area contributed by atoms with Crippen molar-refractivity contribution < 1.29 is 29.3 Å². The van der Waals surface area contributed by atoms with Crippen LogP contribution in [0.1, 0.15) is 310 Å². The van der Waals surface area contributed by atoms with E-state index in [1.807, 2.05) is 0 Å². The number of rotatable bonds is 56. The van der Waals surface area contributed by atoms with Gasteiger partial charge in [0.1, 0.15) is 30.5 Å². The molecule has 0 aliphatic rings. The van der Waals surface area contributed by atoms with Crippen LogP contribution in [0.5, 0.6) is 0 Å². The van der Waals surface area contributed by atoms with Crippen LogP contribution >= 0.6 is 0 Å². The number of allylic oxidation sites excluding steroid dienone is 3. The highest BCUT2D eigenvalue weighted by Gasteiger charge is 2.16. The molecule has 374 valence electrons. The summed E-state index contributed by atoms with van der Waals surface area (Å²) in [6.07, 6.45) is 58.0. The van der Waals surface area contributed by atoms with Crippen molar-refractivity contribution >= 4 is 0 Å². The highest BCUT2D eigenvalue weighted by atomic mass is 17.2. The van der Waals surface area contributed by atoms with E-state index in [-0.39, 0.29) is 13.2 Å². The highest BCUT2D eigenvalue weighted by Crippen LogP contribution is 2.19. The minimum absolute atomic E-state index is 0.110. The van der Waals surface area contributed by atoms with Crippen LogP contribution in [0.4, 0.5) is 0 Å². The first-order valence-electron chi connectivity index (χ1n) is 28.0. The van der Waals surface area contributed by atoms with Crippen molar-refractivity contribution in [2.24, 2.45) is 0 Å². The lowest BCUT2D eigenvalue weighted by Gasteiger charge is -2.18. The third-order valence-corrected chi connectivity index (χ3v) is 12.6. The Bertz CT molecular complexity index is 886. The maximum atomic E-state index is 5.74. The topological polar surface area (TPSA) is 55.4 Å². The van der Waals surface area contributed by atoms with E-state index < -0.39 is 6.10 Å². The van der Waals surface area contributed by atoms with Crippen molar-refractivity contribution in [1.29, 1.82) is 0 Å². The first kappa shape index (κ1) is 61.5. The van der Waals surface area contributed by atoms with Crippen LogP contribution in [0, 0.1) is 0 Å². The lowest BCUT2D eigenvalue weighted by molar-refractivity contribution is -0.369. The van der Waals surface area contributed by atoms with Gasteiger partial charge in [0.25, 0.3) is 0 Å². The first-order valence-corrected chi connectivity index (χ1v) is 28.0. The fourth-order valence-corrected chi connectivity index (χ4v) is 8.30. The second kappa shape index (κ2) is 53.1. The Kier molecular flexibility index (Phi) is 51.9. The van der Waals surface area contributed by atoms with Gasteiger partial charge in [0.2, 0.25) is 0 Å². The van der Waals surface area contributed by atoms with Crippen LogP contribution in [-0.4, -0.2) is 19.3 Å². The Morgan fingerprint density at radius 1 is 0.270 bits per heavy atom. The van der Waals surface area contributed by atoms with Gasteiger partial charge in [-0.3, -0.25) is 0 Å². The average Bonchev–Trinajstić information content (AvgIpc) is 3.28. The molecule has 0 aromatic carbocycles. The summed E-state index contributed by atoms with van der Waals surface area (Å²) in [5.74, 6) is 1.88. The predicted octanol–water partition coefficient (Wildman–Crippen LogP) is 20.4. The molecule has 0 atom stereocenters. The fraction of sp³-hybridized carbons (Fsp3) is 0.895. The fourth-order valence-electron chi connectivity index (χ4n) is 8.30. The third-order valence-electron chi connectivity index (χ3n) is 12.6. The molecule has 0 aliphatic heterocycles. The first-order chi connectivity index (χ1) is 31.0. The zero-order valence-electron chi connectivity index (χ0n) is 42.9. The van der Waals surface area contributed by atoms with E-state index in [1.54, 1.807) is 0 Å². The van der Waals surface area contributed by atoms with Gasteiger partial charge in [0, 0.05) is 19.3 Å². The molecule has 0 N–H and O–H groups in total. The number of hydrogen-bond acceptors (Lipinski definition) is 6. The van der Waals surface area contributed by atoms with E-state index in [1.165, 1.54) is 250 Å². The van der Waals surface area contributed by atoms with Gasteiger partial charge < -0.3 is 14.7 Å². The van der Waals surface area contributed by atoms with E-state index in [9.17, 15) is 0 Å². The SMILES string of the molecule is C=C(CCCCCCCCCCCCCCCC)OOCC(COOC(=C)CCCCCCCCCCCCCCCC)OOC(=C)CCCCCCCCCCCCCCCC. The zero-order chi connectivity index (χ0) is 45.8. The summed E-state index contributed by atoms with van der Waals surface area (Å²) in [6.45, 7) is 19.3. The third kappa shape index (κ3) is 51.3. The lowest BCUT2D eigenvalue weighted by atomic mass is 10.0. The second-order valence-corrected chi connectivity index (χ2v) is 19.2. The maximum absolute atomic E-state index is 5.74. The number of hydrogen-bond donors (Lipinski definition) is 0. The van der Waals surface area contributed by atoms with Gasteiger partial charge >= 0.3 is 0 Å². The minimum Gasteiger partial charge on any atom is -0.343 e. The molecule has 0 aromatic rings. The molecular formula is C57H110O6.